The number of benzene rings is 7. The number of ether oxygens (including phenoxy) is 4. The van der Waals surface area contributed by atoms with Gasteiger partial charge in [-0.2, -0.15) is 0 Å². The first kappa shape index (κ1) is 53.4. The standard InChI is InChI=1S/C61H62O13/c1-32-14-43(24-41-10-12-55(72-28-57(67)68)49(26-41)59(45-16-37(6)51(63)20-33(45)2)46-17-38(7)52(64)21-34(46)3)61(73-29-58(69)70)44(15-32)25-42-11-13-56(74-31-71-30-62)50(27-42)60(47-18-39(8)53(65)22-35(47)4)48-19-40(9)54(66)23-36(48)5/h10-23,26-27,30,59-60,63-66H,24-25,28-29,31H2,1-9H3,(H,67,68)(H,69,70). The molecule has 384 valence electrons. The third kappa shape index (κ3) is 11.9. The monoisotopic (exact) mass is 1000 g/mol. The summed E-state index contributed by atoms with van der Waals surface area (Å²) < 4.78 is 23.4. The lowest BCUT2D eigenvalue weighted by Gasteiger charge is -2.27. The van der Waals surface area contributed by atoms with E-state index in [4.69, 9.17) is 18.9 Å². The van der Waals surface area contributed by atoms with Crippen molar-refractivity contribution in [2.75, 3.05) is 20.0 Å². The highest BCUT2D eigenvalue weighted by Gasteiger charge is 2.29. The zero-order chi connectivity index (χ0) is 53.7. The average molecular weight is 1000 g/mol. The Hall–Kier alpha value is -8.45. The highest BCUT2D eigenvalue weighted by Crippen LogP contribution is 2.46. The lowest BCUT2D eigenvalue weighted by Crippen LogP contribution is -2.15. The fraction of sp³-hybridized carbons (Fsp3) is 0.262. The van der Waals surface area contributed by atoms with Crippen molar-refractivity contribution in [2.45, 2.75) is 87.0 Å². The largest absolute Gasteiger partial charge is 0.508 e. The van der Waals surface area contributed by atoms with E-state index in [9.17, 15) is 45.0 Å². The van der Waals surface area contributed by atoms with E-state index in [0.717, 1.165) is 61.2 Å². The van der Waals surface area contributed by atoms with Crippen molar-refractivity contribution >= 4 is 18.4 Å². The topological polar surface area (TPSA) is 210 Å². The summed E-state index contributed by atoms with van der Waals surface area (Å²) in [5.74, 6) is -1.78. The van der Waals surface area contributed by atoms with Gasteiger partial charge in [0.05, 0.1) is 0 Å². The van der Waals surface area contributed by atoms with Gasteiger partial charge >= 0.3 is 11.9 Å². The summed E-state index contributed by atoms with van der Waals surface area (Å²) in [5.41, 5.74) is 14.3. The van der Waals surface area contributed by atoms with E-state index in [-0.39, 0.29) is 42.6 Å². The van der Waals surface area contributed by atoms with Crippen molar-refractivity contribution < 1.29 is 64.0 Å². The van der Waals surface area contributed by atoms with Gasteiger partial charge in [0.2, 0.25) is 6.79 Å². The number of rotatable bonds is 20. The second-order valence-electron chi connectivity index (χ2n) is 19.2. The van der Waals surface area contributed by atoms with Crippen LogP contribution in [0, 0.1) is 62.3 Å². The van der Waals surface area contributed by atoms with E-state index >= 15 is 0 Å². The fourth-order valence-electron chi connectivity index (χ4n) is 9.89. The van der Waals surface area contributed by atoms with Crippen molar-refractivity contribution in [3.8, 4) is 40.2 Å². The fourth-order valence-corrected chi connectivity index (χ4v) is 9.89. The molecule has 0 saturated carbocycles. The van der Waals surface area contributed by atoms with Gasteiger partial charge in [-0.15, -0.1) is 0 Å². The molecule has 7 rings (SSSR count). The quantitative estimate of drug-likeness (QED) is 0.0182. The molecule has 0 heterocycles. The number of aromatic hydroxyl groups is 4. The second-order valence-corrected chi connectivity index (χ2v) is 19.2. The molecule has 6 N–H and O–H groups in total. The van der Waals surface area contributed by atoms with Crippen molar-refractivity contribution in [3.63, 3.8) is 0 Å². The smallest absolute Gasteiger partial charge is 0.341 e. The number of carbonyl (C=O) groups excluding carboxylic acids is 1. The molecule has 13 nitrogen and oxygen atoms in total. The molecule has 7 aromatic rings. The zero-order valence-electron chi connectivity index (χ0n) is 43.0. The van der Waals surface area contributed by atoms with Crippen LogP contribution in [0.1, 0.15) is 118 Å². The van der Waals surface area contributed by atoms with Crippen LogP contribution in [0.4, 0.5) is 0 Å². The summed E-state index contributed by atoms with van der Waals surface area (Å²) in [6.07, 6.45) is 0.517. The van der Waals surface area contributed by atoms with Gasteiger partial charge in [-0.3, -0.25) is 4.79 Å². The molecule has 0 aromatic heterocycles. The van der Waals surface area contributed by atoms with E-state index in [1.807, 2.05) is 109 Å². The van der Waals surface area contributed by atoms with E-state index in [2.05, 4.69) is 0 Å². The number of carboxylic acid groups (broad SMARTS) is 2. The van der Waals surface area contributed by atoms with Crippen molar-refractivity contribution in [2.24, 2.45) is 0 Å². The van der Waals surface area contributed by atoms with Crippen LogP contribution in [0.5, 0.6) is 40.2 Å². The normalized spacial score (nSPS) is 11.2. The molecule has 0 bridgehead atoms. The van der Waals surface area contributed by atoms with Gasteiger partial charge in [0.25, 0.3) is 6.47 Å². The van der Waals surface area contributed by atoms with Crippen LogP contribution in [0.25, 0.3) is 0 Å². The minimum Gasteiger partial charge on any atom is -0.508 e. The first-order valence-corrected chi connectivity index (χ1v) is 24.1. The predicted octanol–water partition coefficient (Wildman–Crippen LogP) is 11.3. The number of hydrogen-bond acceptors (Lipinski definition) is 11. The van der Waals surface area contributed by atoms with Gasteiger partial charge in [0.1, 0.15) is 40.2 Å². The molecule has 0 radical (unpaired) electrons. The SMILES string of the molecule is Cc1cc(Cc2ccc(OCOC=O)c(C(c3cc(C)c(O)cc3C)c3cc(C)c(O)cc3C)c2)c(OCC(=O)O)c(Cc2ccc(OCC(=O)O)c(C(c3cc(C)c(O)cc3C)c3cc(C)c(O)cc3C)c2)c1. The Kier molecular flexibility index (Phi) is 16.2. The maximum Gasteiger partial charge on any atom is 0.341 e. The number of hydrogen-bond donors (Lipinski definition) is 6. The first-order chi connectivity index (χ1) is 35.1. The van der Waals surface area contributed by atoms with E-state index in [1.165, 1.54) is 0 Å². The summed E-state index contributed by atoms with van der Waals surface area (Å²) in [7, 11) is 0. The van der Waals surface area contributed by atoms with E-state index in [0.29, 0.717) is 68.2 Å². The molecule has 0 fully saturated rings. The Balaban J connectivity index is 1.40. The molecule has 74 heavy (non-hydrogen) atoms. The van der Waals surface area contributed by atoms with Crippen molar-refractivity contribution in [1.29, 1.82) is 0 Å². The van der Waals surface area contributed by atoms with Crippen LogP contribution < -0.4 is 14.2 Å². The van der Waals surface area contributed by atoms with Crippen LogP contribution in [-0.2, 0) is 32.0 Å². The summed E-state index contributed by atoms with van der Waals surface area (Å²) >= 11 is 0. The molecule has 0 aliphatic heterocycles. The number of aryl methyl sites for hydroxylation is 9. The Labute approximate surface area is 430 Å². The van der Waals surface area contributed by atoms with Gasteiger partial charge in [0, 0.05) is 35.8 Å². The minimum absolute atomic E-state index is 0.124. The maximum absolute atomic E-state index is 12.3. The van der Waals surface area contributed by atoms with Gasteiger partial charge in [-0.1, -0.05) is 66.2 Å². The van der Waals surface area contributed by atoms with Gasteiger partial charge in [-0.05, 0) is 188 Å². The molecule has 7 aromatic carbocycles. The third-order valence-electron chi connectivity index (χ3n) is 13.6. The lowest BCUT2D eigenvalue weighted by molar-refractivity contribution is -0.140. The van der Waals surface area contributed by atoms with Crippen LogP contribution in [0.2, 0.25) is 0 Å². The molecule has 0 aliphatic rings. The van der Waals surface area contributed by atoms with Crippen LogP contribution in [0.3, 0.4) is 0 Å². The Morgan fingerprint density at radius 1 is 0.446 bits per heavy atom. The van der Waals surface area contributed by atoms with Gasteiger partial charge in [0.15, 0.2) is 13.2 Å². The molecular formula is C61H62O13. The number of aliphatic carboxylic acids is 2. The summed E-state index contributed by atoms with van der Waals surface area (Å²) in [4.78, 5) is 35.5. The molecule has 0 unspecified atom stereocenters. The predicted molar refractivity (Wildman–Crippen MR) is 281 cm³/mol. The molecule has 0 spiro atoms. The van der Waals surface area contributed by atoms with Crippen LogP contribution >= 0.6 is 0 Å². The highest BCUT2D eigenvalue weighted by atomic mass is 16.7. The third-order valence-corrected chi connectivity index (χ3v) is 13.6. The second kappa shape index (κ2) is 22.5. The van der Waals surface area contributed by atoms with Crippen LogP contribution in [-0.4, -0.2) is 69.1 Å². The van der Waals surface area contributed by atoms with E-state index < -0.39 is 37.0 Å². The zero-order valence-corrected chi connectivity index (χ0v) is 43.0. The summed E-state index contributed by atoms with van der Waals surface area (Å²) in [5, 5.41) is 62.9. The Morgan fingerprint density at radius 3 is 1.15 bits per heavy atom. The summed E-state index contributed by atoms with van der Waals surface area (Å²) in [6.45, 7) is 15.5. The highest BCUT2D eigenvalue weighted by molar-refractivity contribution is 5.70. The Morgan fingerprint density at radius 2 is 0.797 bits per heavy atom. The number of phenols is 4. The average Bonchev–Trinajstić information content (AvgIpc) is 3.33. The number of phenolic OH excluding ortho intramolecular Hbond substituents is 4. The number of carboxylic acids is 2. The number of carbonyl (C=O) groups is 3. The lowest BCUT2D eigenvalue weighted by atomic mass is 9.78. The van der Waals surface area contributed by atoms with Crippen molar-refractivity contribution in [3.05, 3.63) is 203 Å². The molecule has 13 heteroatoms. The maximum atomic E-state index is 12.3. The molecule has 0 saturated heterocycles. The van der Waals surface area contributed by atoms with Crippen LogP contribution in [0.15, 0.2) is 97.1 Å². The molecule has 0 amide bonds. The summed E-state index contributed by atoms with van der Waals surface area (Å²) in [6, 6.07) is 29.6. The van der Waals surface area contributed by atoms with E-state index in [1.54, 1.807) is 50.2 Å². The molecular weight excluding hydrogens is 941 g/mol. The van der Waals surface area contributed by atoms with Gasteiger partial charge in [-0.25, -0.2) is 9.59 Å². The Bertz CT molecular complexity index is 3180. The molecule has 0 atom stereocenters. The first-order valence-electron chi connectivity index (χ1n) is 24.1. The van der Waals surface area contributed by atoms with Gasteiger partial charge < -0.3 is 49.6 Å². The molecule has 0 aliphatic carbocycles. The van der Waals surface area contributed by atoms with Crippen molar-refractivity contribution in [1.82, 2.24) is 0 Å². The minimum atomic E-state index is -1.17.